The van der Waals surface area contributed by atoms with Gasteiger partial charge in [-0.15, -0.1) is 11.6 Å². The fraction of sp³-hybridized carbons (Fsp3) is 1.00. The minimum atomic E-state index is 0.739. The lowest BCUT2D eigenvalue weighted by atomic mass is 10.1. The van der Waals surface area contributed by atoms with Crippen LogP contribution in [0, 0.1) is 5.92 Å². The first-order chi connectivity index (χ1) is 7.20. The van der Waals surface area contributed by atoms with E-state index in [0.29, 0.717) is 0 Å². The van der Waals surface area contributed by atoms with Gasteiger partial charge in [0.15, 0.2) is 0 Å². The van der Waals surface area contributed by atoms with Gasteiger partial charge in [0.05, 0.1) is 6.61 Å². The molecule has 2 nitrogen and oxygen atoms in total. The molecule has 0 atom stereocenters. The van der Waals surface area contributed by atoms with Crippen LogP contribution in [0.3, 0.4) is 0 Å². The van der Waals surface area contributed by atoms with Crippen LogP contribution in [0.25, 0.3) is 0 Å². The molecule has 0 unspecified atom stereocenters. The molecule has 0 aliphatic heterocycles. The van der Waals surface area contributed by atoms with Crippen LogP contribution < -0.4 is 0 Å². The number of halogens is 1. The van der Waals surface area contributed by atoms with E-state index >= 15 is 0 Å². The zero-order valence-corrected chi connectivity index (χ0v) is 11.2. The minimum Gasteiger partial charge on any atom is -0.380 e. The molecule has 0 amide bonds. The van der Waals surface area contributed by atoms with Gasteiger partial charge in [-0.1, -0.05) is 20.8 Å². The summed E-state index contributed by atoms with van der Waals surface area (Å²) in [7, 11) is 0. The van der Waals surface area contributed by atoms with Crippen LogP contribution >= 0.6 is 11.6 Å². The van der Waals surface area contributed by atoms with Gasteiger partial charge in [0.25, 0.3) is 0 Å². The molecule has 0 aliphatic carbocycles. The lowest BCUT2D eigenvalue weighted by Crippen LogP contribution is -2.28. The molecule has 0 N–H and O–H groups in total. The number of rotatable bonds is 10. The summed E-state index contributed by atoms with van der Waals surface area (Å²) in [5.74, 6) is 1.49. The molecule has 0 radical (unpaired) electrons. The van der Waals surface area contributed by atoms with Gasteiger partial charge in [-0.05, 0) is 31.8 Å². The molecule has 0 saturated carbocycles. The van der Waals surface area contributed by atoms with Gasteiger partial charge in [0.1, 0.15) is 0 Å². The zero-order chi connectivity index (χ0) is 11.5. The van der Waals surface area contributed by atoms with Gasteiger partial charge in [-0.3, -0.25) is 0 Å². The molecule has 0 bridgehead atoms. The third-order valence-electron chi connectivity index (χ3n) is 2.45. The van der Waals surface area contributed by atoms with Crippen molar-refractivity contribution in [3.8, 4) is 0 Å². The average molecular weight is 236 g/mol. The van der Waals surface area contributed by atoms with E-state index in [0.717, 1.165) is 57.5 Å². The molecule has 0 heterocycles. The van der Waals surface area contributed by atoms with Crippen molar-refractivity contribution < 1.29 is 4.74 Å². The second kappa shape index (κ2) is 10.7. The SMILES string of the molecule is CCN(CCCCl)CCOCCC(C)C. The van der Waals surface area contributed by atoms with Crippen molar-refractivity contribution in [3.05, 3.63) is 0 Å². The first-order valence-corrected chi connectivity index (χ1v) is 6.60. The van der Waals surface area contributed by atoms with E-state index in [1.165, 1.54) is 0 Å². The Kier molecular flexibility index (Phi) is 10.9. The van der Waals surface area contributed by atoms with Crippen LogP contribution in [0.5, 0.6) is 0 Å². The Morgan fingerprint density at radius 2 is 1.93 bits per heavy atom. The molecule has 0 aromatic carbocycles. The topological polar surface area (TPSA) is 12.5 Å². The molecule has 0 fully saturated rings. The largest absolute Gasteiger partial charge is 0.380 e. The number of hydrogen-bond donors (Lipinski definition) is 0. The molecule has 0 aliphatic rings. The Hall–Kier alpha value is 0.210. The quantitative estimate of drug-likeness (QED) is 0.426. The second-order valence-electron chi connectivity index (χ2n) is 4.27. The highest BCUT2D eigenvalue weighted by atomic mass is 35.5. The third kappa shape index (κ3) is 10.5. The zero-order valence-electron chi connectivity index (χ0n) is 10.5. The van der Waals surface area contributed by atoms with Crippen molar-refractivity contribution in [2.75, 3.05) is 38.7 Å². The molecule has 0 rings (SSSR count). The van der Waals surface area contributed by atoms with Crippen molar-refractivity contribution >= 4 is 11.6 Å². The first kappa shape index (κ1) is 15.2. The van der Waals surface area contributed by atoms with E-state index in [9.17, 15) is 0 Å². The monoisotopic (exact) mass is 235 g/mol. The van der Waals surface area contributed by atoms with Crippen molar-refractivity contribution in [2.45, 2.75) is 33.6 Å². The van der Waals surface area contributed by atoms with Crippen molar-refractivity contribution in [2.24, 2.45) is 5.92 Å². The Bertz CT molecular complexity index is 131. The highest BCUT2D eigenvalue weighted by Crippen LogP contribution is 1.99. The standard InChI is InChI=1S/C12H26ClNO/c1-4-14(8-5-7-13)9-11-15-10-6-12(2)3/h12H,4-11H2,1-3H3. The van der Waals surface area contributed by atoms with Crippen molar-refractivity contribution in [3.63, 3.8) is 0 Å². The molecule has 0 aromatic rings. The summed E-state index contributed by atoms with van der Waals surface area (Å²) in [5.41, 5.74) is 0. The van der Waals surface area contributed by atoms with Gasteiger partial charge in [0.2, 0.25) is 0 Å². The summed E-state index contributed by atoms with van der Waals surface area (Å²) in [6.07, 6.45) is 2.23. The van der Waals surface area contributed by atoms with Gasteiger partial charge in [-0.25, -0.2) is 0 Å². The minimum absolute atomic E-state index is 0.739. The number of likely N-dealkylation sites (N-methyl/N-ethyl adjacent to an activating group) is 1. The second-order valence-corrected chi connectivity index (χ2v) is 4.65. The van der Waals surface area contributed by atoms with Crippen LogP contribution in [0.15, 0.2) is 0 Å². The Labute approximate surface area is 99.9 Å². The van der Waals surface area contributed by atoms with Gasteiger partial charge >= 0.3 is 0 Å². The molecule has 0 saturated heterocycles. The molecule has 0 spiro atoms. The van der Waals surface area contributed by atoms with Gasteiger partial charge in [0, 0.05) is 19.0 Å². The van der Waals surface area contributed by atoms with Crippen molar-refractivity contribution in [1.29, 1.82) is 0 Å². The summed E-state index contributed by atoms with van der Waals surface area (Å²) in [4.78, 5) is 2.39. The van der Waals surface area contributed by atoms with Crippen LogP contribution in [0.2, 0.25) is 0 Å². The third-order valence-corrected chi connectivity index (χ3v) is 2.71. The van der Waals surface area contributed by atoms with E-state index in [1.54, 1.807) is 0 Å². The van der Waals surface area contributed by atoms with E-state index in [4.69, 9.17) is 16.3 Å². The Morgan fingerprint density at radius 3 is 2.47 bits per heavy atom. The van der Waals surface area contributed by atoms with Crippen LogP contribution in [0.4, 0.5) is 0 Å². The van der Waals surface area contributed by atoms with E-state index < -0.39 is 0 Å². The molecule has 92 valence electrons. The highest BCUT2D eigenvalue weighted by Gasteiger charge is 2.01. The fourth-order valence-electron chi connectivity index (χ4n) is 1.33. The van der Waals surface area contributed by atoms with Crippen LogP contribution in [-0.2, 0) is 4.74 Å². The summed E-state index contributed by atoms with van der Waals surface area (Å²) in [6.45, 7) is 11.6. The molecule has 0 aromatic heterocycles. The maximum Gasteiger partial charge on any atom is 0.0593 e. The maximum absolute atomic E-state index is 5.66. The van der Waals surface area contributed by atoms with E-state index in [1.807, 2.05) is 0 Å². The summed E-state index contributed by atoms with van der Waals surface area (Å²) in [5, 5.41) is 0. The summed E-state index contributed by atoms with van der Waals surface area (Å²) < 4.78 is 5.58. The van der Waals surface area contributed by atoms with E-state index in [2.05, 4.69) is 25.7 Å². The molecular formula is C12H26ClNO. The summed E-state index contributed by atoms with van der Waals surface area (Å²) in [6, 6.07) is 0. The smallest absolute Gasteiger partial charge is 0.0593 e. The highest BCUT2D eigenvalue weighted by molar-refractivity contribution is 6.17. The van der Waals surface area contributed by atoms with E-state index in [-0.39, 0.29) is 0 Å². The first-order valence-electron chi connectivity index (χ1n) is 6.06. The van der Waals surface area contributed by atoms with Crippen molar-refractivity contribution in [1.82, 2.24) is 4.90 Å². The van der Waals surface area contributed by atoms with Gasteiger partial charge < -0.3 is 9.64 Å². The average Bonchev–Trinajstić information content (AvgIpc) is 2.21. The lowest BCUT2D eigenvalue weighted by molar-refractivity contribution is 0.0976. The summed E-state index contributed by atoms with van der Waals surface area (Å²) >= 11 is 5.66. The fourth-order valence-corrected chi connectivity index (χ4v) is 1.45. The molecular weight excluding hydrogens is 210 g/mol. The Balaban J connectivity index is 3.30. The normalized spacial score (nSPS) is 11.6. The predicted molar refractivity (Wildman–Crippen MR) is 67.7 cm³/mol. The predicted octanol–water partition coefficient (Wildman–Crippen LogP) is 3.00. The van der Waals surface area contributed by atoms with Gasteiger partial charge in [-0.2, -0.15) is 0 Å². The molecule has 3 heteroatoms. The lowest BCUT2D eigenvalue weighted by Gasteiger charge is -2.19. The maximum atomic E-state index is 5.66. The van der Waals surface area contributed by atoms with Crippen LogP contribution in [0.1, 0.15) is 33.6 Å². The number of nitrogens with zero attached hydrogens (tertiary/aromatic N) is 1. The number of hydrogen-bond acceptors (Lipinski definition) is 2. The number of ether oxygens (including phenoxy) is 1. The molecule has 15 heavy (non-hydrogen) atoms. The van der Waals surface area contributed by atoms with Crippen LogP contribution in [-0.4, -0.2) is 43.6 Å². The number of alkyl halides is 1. The Morgan fingerprint density at radius 1 is 1.20 bits per heavy atom.